The maximum atomic E-state index is 13.4. The quantitative estimate of drug-likeness (QED) is 0.519. The predicted octanol–water partition coefficient (Wildman–Crippen LogP) is 3.46. The molecule has 2 aliphatic heterocycles. The van der Waals surface area contributed by atoms with Gasteiger partial charge in [-0.05, 0) is 48.6 Å². The fourth-order valence-electron chi connectivity index (χ4n) is 7.95. The number of amides is 4. The van der Waals surface area contributed by atoms with Gasteiger partial charge in [-0.2, -0.15) is 0 Å². The minimum Gasteiger partial charge on any atom is -0.274 e. The van der Waals surface area contributed by atoms with Gasteiger partial charge in [-0.15, -0.1) is 0 Å². The van der Waals surface area contributed by atoms with Gasteiger partial charge in [0.25, 0.3) is 0 Å². The third-order valence-electron chi connectivity index (χ3n) is 9.30. The Hall–Kier alpha value is -3.54. The van der Waals surface area contributed by atoms with Crippen LogP contribution in [-0.4, -0.2) is 23.6 Å². The Morgan fingerprint density at radius 2 is 0.824 bits per heavy atom. The molecule has 8 atom stereocenters. The standard InChI is InChI=1S/C28H22N2O4/c31-25-21-13-7-8-14(11-13)22(21)26(32)29(25)19-5-1-3-17-18(19)4-2-6-20(17)30-27(33)23-15-9-10-16(12-15)24(23)28(30)34/h1-10,13-16,21-24H,11-12H2/t13-,14-,15-,16-,21+,22+,23+,24+/m0/s1. The normalized spacial score (nSPS) is 38.8. The summed E-state index contributed by atoms with van der Waals surface area (Å²) in [5.74, 6) is -1.04. The average Bonchev–Trinajstić information content (AvgIpc) is 3.67. The van der Waals surface area contributed by atoms with Crippen LogP contribution in [0.5, 0.6) is 0 Å². The molecule has 4 aliphatic carbocycles. The topological polar surface area (TPSA) is 74.8 Å². The number of carbonyl (C=O) groups excluding carboxylic acids is 4. The highest BCUT2D eigenvalue weighted by molar-refractivity contribution is 6.29. The highest BCUT2D eigenvalue weighted by Gasteiger charge is 2.61. The van der Waals surface area contributed by atoms with Crippen molar-refractivity contribution in [3.8, 4) is 0 Å². The molecule has 0 radical (unpaired) electrons. The second-order valence-electron chi connectivity index (χ2n) is 10.7. The Kier molecular flexibility index (Phi) is 3.39. The number of anilines is 2. The summed E-state index contributed by atoms with van der Waals surface area (Å²) in [6, 6.07) is 10.9. The van der Waals surface area contributed by atoms with Gasteiger partial charge in [0.15, 0.2) is 0 Å². The average molecular weight is 450 g/mol. The lowest BCUT2D eigenvalue weighted by molar-refractivity contribution is -0.124. The van der Waals surface area contributed by atoms with E-state index in [1.165, 1.54) is 9.80 Å². The van der Waals surface area contributed by atoms with Gasteiger partial charge >= 0.3 is 0 Å². The van der Waals surface area contributed by atoms with Crippen LogP contribution >= 0.6 is 0 Å². The van der Waals surface area contributed by atoms with Crippen LogP contribution < -0.4 is 9.80 Å². The molecule has 4 bridgehead atoms. The zero-order valence-corrected chi connectivity index (χ0v) is 18.3. The molecular weight excluding hydrogens is 428 g/mol. The Morgan fingerprint density at radius 3 is 1.15 bits per heavy atom. The summed E-state index contributed by atoms with van der Waals surface area (Å²) in [5.41, 5.74) is 1.09. The predicted molar refractivity (Wildman–Crippen MR) is 124 cm³/mol. The molecule has 34 heavy (non-hydrogen) atoms. The maximum absolute atomic E-state index is 13.4. The summed E-state index contributed by atoms with van der Waals surface area (Å²) in [5, 5.41) is 1.42. The summed E-state index contributed by atoms with van der Waals surface area (Å²) in [7, 11) is 0. The van der Waals surface area contributed by atoms with Crippen LogP contribution in [-0.2, 0) is 19.2 Å². The zero-order chi connectivity index (χ0) is 22.9. The van der Waals surface area contributed by atoms with Gasteiger partial charge < -0.3 is 0 Å². The first kappa shape index (κ1) is 18.8. The van der Waals surface area contributed by atoms with E-state index in [0.29, 0.717) is 22.1 Å². The smallest absolute Gasteiger partial charge is 0.238 e. The van der Waals surface area contributed by atoms with E-state index in [2.05, 4.69) is 24.3 Å². The van der Waals surface area contributed by atoms with Crippen molar-refractivity contribution >= 4 is 45.8 Å². The lowest BCUT2D eigenvalue weighted by atomic mass is 9.85. The molecule has 0 unspecified atom stereocenters. The Morgan fingerprint density at radius 1 is 0.500 bits per heavy atom. The summed E-state index contributed by atoms with van der Waals surface area (Å²) in [6.07, 6.45) is 10.1. The molecule has 0 N–H and O–H groups in total. The molecule has 0 aromatic heterocycles. The molecular formula is C28H22N2O4. The lowest BCUT2D eigenvalue weighted by Gasteiger charge is -2.22. The van der Waals surface area contributed by atoms with E-state index in [4.69, 9.17) is 0 Å². The number of nitrogens with zero attached hydrogens (tertiary/aromatic N) is 2. The molecule has 6 nitrogen and oxygen atoms in total. The molecule has 0 spiro atoms. The Balaban J connectivity index is 1.24. The first-order chi connectivity index (χ1) is 16.5. The van der Waals surface area contributed by atoms with Gasteiger partial charge in [-0.1, -0.05) is 48.6 Å². The van der Waals surface area contributed by atoms with E-state index in [0.717, 1.165) is 12.8 Å². The molecule has 2 aromatic rings. The number of rotatable bonds is 2. The molecule has 8 rings (SSSR count). The third kappa shape index (κ3) is 2.04. The van der Waals surface area contributed by atoms with Gasteiger partial charge in [0.05, 0.1) is 35.0 Å². The van der Waals surface area contributed by atoms with Crippen molar-refractivity contribution in [1.82, 2.24) is 0 Å². The molecule has 168 valence electrons. The van der Waals surface area contributed by atoms with Crippen molar-refractivity contribution in [2.24, 2.45) is 47.3 Å². The van der Waals surface area contributed by atoms with Gasteiger partial charge in [0.2, 0.25) is 23.6 Å². The second kappa shape index (κ2) is 6.12. The summed E-state index contributed by atoms with van der Waals surface area (Å²) >= 11 is 0. The largest absolute Gasteiger partial charge is 0.274 e. The van der Waals surface area contributed by atoms with Crippen molar-refractivity contribution in [2.75, 3.05) is 9.80 Å². The maximum Gasteiger partial charge on any atom is 0.238 e. The molecule has 2 aromatic carbocycles. The van der Waals surface area contributed by atoms with Gasteiger partial charge in [-0.25, -0.2) is 9.80 Å². The molecule has 2 heterocycles. The zero-order valence-electron chi connectivity index (χ0n) is 18.3. The molecule has 4 amide bonds. The van der Waals surface area contributed by atoms with E-state index in [1.807, 2.05) is 12.1 Å². The highest BCUT2D eigenvalue weighted by atomic mass is 16.2. The molecule has 6 heteroatoms. The molecule has 2 saturated heterocycles. The van der Waals surface area contributed by atoms with Crippen molar-refractivity contribution in [3.05, 3.63) is 60.7 Å². The van der Waals surface area contributed by atoms with Crippen molar-refractivity contribution in [2.45, 2.75) is 12.8 Å². The van der Waals surface area contributed by atoms with Crippen molar-refractivity contribution in [3.63, 3.8) is 0 Å². The third-order valence-corrected chi connectivity index (χ3v) is 9.30. The lowest BCUT2D eigenvalue weighted by Crippen LogP contribution is -2.34. The molecule has 4 fully saturated rings. The molecule has 6 aliphatic rings. The second-order valence-corrected chi connectivity index (χ2v) is 10.7. The Labute approximate surface area is 195 Å². The van der Waals surface area contributed by atoms with Gasteiger partial charge in [-0.3, -0.25) is 19.2 Å². The van der Waals surface area contributed by atoms with E-state index >= 15 is 0 Å². The summed E-state index contributed by atoms with van der Waals surface area (Å²) < 4.78 is 0. The van der Waals surface area contributed by atoms with Crippen LogP contribution in [0.2, 0.25) is 0 Å². The number of carbonyl (C=O) groups is 4. The van der Waals surface area contributed by atoms with Crippen LogP contribution in [0.3, 0.4) is 0 Å². The van der Waals surface area contributed by atoms with Crippen LogP contribution in [0.15, 0.2) is 60.7 Å². The van der Waals surface area contributed by atoms with E-state index in [9.17, 15) is 19.2 Å². The summed E-state index contributed by atoms with van der Waals surface area (Å²) in [6.45, 7) is 0. The monoisotopic (exact) mass is 450 g/mol. The fourth-order valence-corrected chi connectivity index (χ4v) is 7.95. The first-order valence-corrected chi connectivity index (χ1v) is 12.2. The van der Waals surface area contributed by atoms with E-state index in [-0.39, 0.29) is 71.0 Å². The molecule has 2 saturated carbocycles. The Bertz CT molecular complexity index is 1260. The summed E-state index contributed by atoms with van der Waals surface area (Å²) in [4.78, 5) is 56.5. The van der Waals surface area contributed by atoms with Crippen molar-refractivity contribution in [1.29, 1.82) is 0 Å². The number of hydrogen-bond donors (Lipinski definition) is 0. The number of fused-ring (bicyclic) bond motifs is 11. The van der Waals surface area contributed by atoms with Crippen LogP contribution in [0.1, 0.15) is 12.8 Å². The van der Waals surface area contributed by atoms with Crippen LogP contribution in [0, 0.1) is 47.3 Å². The minimum atomic E-state index is -0.273. The van der Waals surface area contributed by atoms with Crippen LogP contribution in [0.25, 0.3) is 10.8 Å². The number of hydrogen-bond acceptors (Lipinski definition) is 4. The minimum absolute atomic E-state index is 0.129. The fraction of sp³-hybridized carbons (Fsp3) is 0.357. The van der Waals surface area contributed by atoms with Crippen LogP contribution in [0.4, 0.5) is 11.4 Å². The van der Waals surface area contributed by atoms with E-state index < -0.39 is 0 Å². The SMILES string of the molecule is O=C1[C@H]2[C@H](C(=O)N1c1cccc3c(N4C(=O)[C@H]5[C@H](C4=O)[C@H]4C=C[C@H]5C4)cccc13)[C@H]1C=C[C@H]2C1. The van der Waals surface area contributed by atoms with E-state index in [1.54, 1.807) is 24.3 Å². The first-order valence-electron chi connectivity index (χ1n) is 12.2. The van der Waals surface area contributed by atoms with Gasteiger partial charge in [0.1, 0.15) is 0 Å². The number of benzene rings is 2. The highest BCUT2D eigenvalue weighted by Crippen LogP contribution is 2.55. The number of imide groups is 2. The van der Waals surface area contributed by atoms with Crippen molar-refractivity contribution < 1.29 is 19.2 Å². The number of allylic oxidation sites excluding steroid dienone is 4. The van der Waals surface area contributed by atoms with Gasteiger partial charge in [0, 0.05) is 10.8 Å².